The number of hydrazine groups is 1. The summed E-state index contributed by atoms with van der Waals surface area (Å²) in [4.78, 5) is 10.6. The van der Waals surface area contributed by atoms with Gasteiger partial charge in [-0.05, 0) is 50.4 Å². The number of rotatable bonds is 6. The highest BCUT2D eigenvalue weighted by Crippen LogP contribution is 2.74. The smallest absolute Gasteiger partial charge is 0.293 e. The standard InChI is InChI=1S/C21H37N3O4/c1-18(2)27-12-19(3,13-28-18)11-24(23)16-7-9-21(5)17(10-26-14-25)20(21,4)8-6-15(16)22/h14,17H,6-13,22-23H2,1-5H3/b16-15-. The van der Waals surface area contributed by atoms with Gasteiger partial charge in [-0.3, -0.25) is 4.79 Å². The number of nitrogens with two attached hydrogens (primary N) is 2. The van der Waals surface area contributed by atoms with E-state index in [4.69, 9.17) is 25.8 Å². The van der Waals surface area contributed by atoms with E-state index in [1.807, 2.05) is 18.9 Å². The molecule has 0 aromatic heterocycles. The third-order valence-electron chi connectivity index (χ3n) is 7.69. The molecule has 7 nitrogen and oxygen atoms in total. The van der Waals surface area contributed by atoms with Gasteiger partial charge in [0.2, 0.25) is 0 Å². The maximum absolute atomic E-state index is 10.6. The second-order valence-corrected chi connectivity index (χ2v) is 10.2. The molecule has 1 heterocycles. The number of nitrogens with zero attached hydrogens (tertiary/aromatic N) is 1. The molecule has 1 saturated carbocycles. The van der Waals surface area contributed by atoms with Crippen LogP contribution in [0.25, 0.3) is 0 Å². The number of fused-ring (bicyclic) bond motifs is 1. The average Bonchev–Trinajstić information content (AvgIpc) is 3.07. The largest absolute Gasteiger partial charge is 0.468 e. The molecule has 3 atom stereocenters. The summed E-state index contributed by atoms with van der Waals surface area (Å²) in [6.45, 7) is 13.5. The van der Waals surface area contributed by atoms with Gasteiger partial charge in [0, 0.05) is 29.3 Å². The number of hydrogen-bond acceptors (Lipinski definition) is 7. The van der Waals surface area contributed by atoms with Crippen LogP contribution in [0.15, 0.2) is 11.4 Å². The van der Waals surface area contributed by atoms with Gasteiger partial charge < -0.3 is 25.0 Å². The normalized spacial score (nSPS) is 39.3. The van der Waals surface area contributed by atoms with Crippen LogP contribution in [0.3, 0.4) is 0 Å². The Labute approximate surface area is 168 Å². The molecule has 1 saturated heterocycles. The van der Waals surface area contributed by atoms with Gasteiger partial charge in [0.15, 0.2) is 5.79 Å². The molecule has 3 rings (SSSR count). The van der Waals surface area contributed by atoms with Crippen molar-refractivity contribution in [2.24, 2.45) is 33.7 Å². The first-order valence-electron chi connectivity index (χ1n) is 10.3. The monoisotopic (exact) mass is 395 g/mol. The van der Waals surface area contributed by atoms with Crippen LogP contribution in [-0.2, 0) is 19.0 Å². The molecule has 2 fully saturated rings. The van der Waals surface area contributed by atoms with Crippen LogP contribution in [0.1, 0.15) is 60.3 Å². The highest BCUT2D eigenvalue weighted by atomic mass is 16.7. The second kappa shape index (κ2) is 7.18. The van der Waals surface area contributed by atoms with Crippen molar-refractivity contribution in [3.8, 4) is 0 Å². The Morgan fingerprint density at radius 1 is 1.11 bits per heavy atom. The highest BCUT2D eigenvalue weighted by molar-refractivity contribution is 5.37. The minimum absolute atomic E-state index is 0.147. The summed E-state index contributed by atoms with van der Waals surface area (Å²) in [5.41, 5.74) is 8.50. The van der Waals surface area contributed by atoms with E-state index in [0.717, 1.165) is 37.1 Å². The summed E-state index contributed by atoms with van der Waals surface area (Å²) in [6, 6.07) is 0. The molecule has 2 aliphatic carbocycles. The van der Waals surface area contributed by atoms with E-state index in [1.165, 1.54) is 0 Å². The maximum Gasteiger partial charge on any atom is 0.293 e. The van der Waals surface area contributed by atoms with Crippen LogP contribution in [0.5, 0.6) is 0 Å². The molecule has 0 radical (unpaired) electrons. The molecular formula is C21H37N3O4. The topological polar surface area (TPSA) is 100 Å². The molecule has 0 aromatic rings. The van der Waals surface area contributed by atoms with Crippen LogP contribution >= 0.6 is 0 Å². The molecule has 160 valence electrons. The van der Waals surface area contributed by atoms with Gasteiger partial charge in [-0.2, -0.15) is 0 Å². The van der Waals surface area contributed by atoms with Crippen LogP contribution in [0, 0.1) is 22.2 Å². The molecular weight excluding hydrogens is 358 g/mol. The molecule has 28 heavy (non-hydrogen) atoms. The predicted molar refractivity (Wildman–Crippen MR) is 106 cm³/mol. The van der Waals surface area contributed by atoms with Crippen LogP contribution in [-0.4, -0.2) is 43.6 Å². The van der Waals surface area contributed by atoms with Crippen molar-refractivity contribution in [2.75, 3.05) is 26.4 Å². The Morgan fingerprint density at radius 2 is 1.68 bits per heavy atom. The SMILES string of the molecule is CC1(CN(N)/C2=C(\N)CCC3(C)C(COC=O)C3(C)CC2)COC(C)(C)OC1. The zero-order valence-electron chi connectivity index (χ0n) is 18.0. The third-order valence-corrected chi connectivity index (χ3v) is 7.69. The van der Waals surface area contributed by atoms with Crippen LogP contribution in [0.2, 0.25) is 0 Å². The summed E-state index contributed by atoms with van der Waals surface area (Å²) in [5, 5.41) is 1.81. The van der Waals surface area contributed by atoms with E-state index < -0.39 is 5.79 Å². The number of carbonyl (C=O) groups excluding carboxylic acids is 1. The summed E-state index contributed by atoms with van der Waals surface area (Å²) >= 11 is 0. The first-order valence-corrected chi connectivity index (χ1v) is 10.3. The molecule has 0 spiro atoms. The second-order valence-electron chi connectivity index (χ2n) is 10.2. The van der Waals surface area contributed by atoms with Crippen molar-refractivity contribution < 1.29 is 19.0 Å². The van der Waals surface area contributed by atoms with Crippen molar-refractivity contribution in [1.29, 1.82) is 0 Å². The van der Waals surface area contributed by atoms with E-state index in [1.54, 1.807) is 0 Å². The molecule has 3 unspecified atom stereocenters. The Balaban J connectivity index is 1.67. The molecule has 4 N–H and O–H groups in total. The van der Waals surface area contributed by atoms with Gasteiger partial charge in [0.05, 0.1) is 19.8 Å². The Bertz CT molecular complexity index is 640. The Morgan fingerprint density at radius 3 is 2.25 bits per heavy atom. The maximum atomic E-state index is 10.6. The summed E-state index contributed by atoms with van der Waals surface area (Å²) < 4.78 is 16.8. The van der Waals surface area contributed by atoms with Gasteiger partial charge in [0.25, 0.3) is 6.47 Å². The van der Waals surface area contributed by atoms with Gasteiger partial charge in [-0.15, -0.1) is 0 Å². The number of hydrogen-bond donors (Lipinski definition) is 2. The summed E-state index contributed by atoms with van der Waals surface area (Å²) in [6.07, 6.45) is 3.60. The lowest BCUT2D eigenvalue weighted by Crippen LogP contribution is -2.51. The van der Waals surface area contributed by atoms with Crippen LogP contribution < -0.4 is 11.6 Å². The van der Waals surface area contributed by atoms with Gasteiger partial charge >= 0.3 is 0 Å². The van der Waals surface area contributed by atoms with Crippen molar-refractivity contribution in [1.82, 2.24) is 5.01 Å². The number of carbonyl (C=O) groups is 1. The van der Waals surface area contributed by atoms with E-state index in [0.29, 0.717) is 38.8 Å². The zero-order valence-corrected chi connectivity index (χ0v) is 18.0. The predicted octanol–water partition coefficient (Wildman–Crippen LogP) is 2.51. The first-order chi connectivity index (χ1) is 13.0. The van der Waals surface area contributed by atoms with Crippen LogP contribution in [0.4, 0.5) is 0 Å². The fourth-order valence-electron chi connectivity index (χ4n) is 5.28. The van der Waals surface area contributed by atoms with Crippen molar-refractivity contribution >= 4 is 6.47 Å². The van der Waals surface area contributed by atoms with Crippen molar-refractivity contribution in [3.63, 3.8) is 0 Å². The minimum atomic E-state index is -0.541. The molecule has 7 heteroatoms. The fraction of sp³-hybridized carbons (Fsp3) is 0.857. The highest BCUT2D eigenvalue weighted by Gasteiger charge is 2.69. The average molecular weight is 396 g/mol. The molecule has 3 aliphatic rings. The van der Waals surface area contributed by atoms with Gasteiger partial charge in [0.1, 0.15) is 0 Å². The lowest BCUT2D eigenvalue weighted by Gasteiger charge is -2.43. The number of allylic oxidation sites excluding steroid dienone is 2. The van der Waals surface area contributed by atoms with E-state index in [-0.39, 0.29) is 16.2 Å². The number of ether oxygens (including phenoxy) is 3. The lowest BCUT2D eigenvalue weighted by atomic mass is 9.84. The van der Waals surface area contributed by atoms with Gasteiger partial charge in [-0.1, -0.05) is 20.8 Å². The third kappa shape index (κ3) is 3.76. The fourth-order valence-corrected chi connectivity index (χ4v) is 5.28. The Hall–Kier alpha value is -1.31. The van der Waals surface area contributed by atoms with Gasteiger partial charge in [-0.25, -0.2) is 5.84 Å². The zero-order chi connectivity index (χ0) is 20.8. The summed E-state index contributed by atoms with van der Waals surface area (Å²) in [7, 11) is 0. The molecule has 0 aromatic carbocycles. The minimum Gasteiger partial charge on any atom is -0.468 e. The van der Waals surface area contributed by atoms with E-state index in [2.05, 4.69) is 20.8 Å². The first kappa shape index (κ1) is 21.4. The summed E-state index contributed by atoms with van der Waals surface area (Å²) in [5.74, 6) is 6.34. The molecule has 0 bridgehead atoms. The van der Waals surface area contributed by atoms with Crippen molar-refractivity contribution in [2.45, 2.75) is 66.1 Å². The Kier molecular flexibility index (Phi) is 5.49. The van der Waals surface area contributed by atoms with E-state index >= 15 is 0 Å². The lowest BCUT2D eigenvalue weighted by molar-refractivity contribution is -0.283. The molecule has 0 amide bonds. The van der Waals surface area contributed by atoms with Crippen molar-refractivity contribution in [3.05, 3.63) is 11.4 Å². The molecule has 1 aliphatic heterocycles. The van der Waals surface area contributed by atoms with E-state index in [9.17, 15) is 4.79 Å². The quantitative estimate of drug-likeness (QED) is 0.405.